The fraction of sp³-hybridized carbons (Fsp3) is 0.438. The molecule has 192 valence electrons. The number of hydrogen-bond donors (Lipinski definition) is 0. The van der Waals surface area contributed by atoms with Gasteiger partial charge in [-0.2, -0.15) is 0 Å². The lowest BCUT2D eigenvalue weighted by Gasteiger charge is -2.13. The van der Waals surface area contributed by atoms with Crippen LogP contribution in [0.2, 0.25) is 0 Å². The molecule has 0 rings (SSSR count). The largest absolute Gasteiger partial charge is 0.106 e. The Morgan fingerprint density at radius 2 is 0.906 bits per heavy atom. The second-order valence-electron chi connectivity index (χ2n) is 3.62. The molecule has 0 aromatic carbocycles. The van der Waals surface area contributed by atoms with E-state index in [0.717, 1.165) is 0 Å². The Kier molecular flexibility index (Phi) is 182. The SMILES string of the molecule is C=C.C=C.C=C/C=C\C(=C/C)C(C)/C(C=C)=C/C=C.C=CC.CC.CC.CC.CC.CC. The van der Waals surface area contributed by atoms with Crippen LogP contribution in [0, 0.1) is 5.92 Å². The van der Waals surface area contributed by atoms with Crippen molar-refractivity contribution in [3.63, 3.8) is 0 Å². The fourth-order valence-corrected chi connectivity index (χ4v) is 1.39. The maximum Gasteiger partial charge on any atom is 0.00575 e. The Morgan fingerprint density at radius 3 is 1.09 bits per heavy atom. The molecule has 0 aliphatic rings. The minimum Gasteiger partial charge on any atom is -0.106 e. The van der Waals surface area contributed by atoms with Crippen molar-refractivity contribution in [2.75, 3.05) is 0 Å². The third-order valence-electron chi connectivity index (χ3n) is 2.30. The van der Waals surface area contributed by atoms with E-state index in [1.54, 1.807) is 18.2 Å². The quantitative estimate of drug-likeness (QED) is 0.280. The van der Waals surface area contributed by atoms with Gasteiger partial charge in [0, 0.05) is 5.92 Å². The molecule has 0 bridgehead atoms. The first kappa shape index (κ1) is 57.1. The maximum absolute atomic E-state index is 3.81. The normalized spacial score (nSPS) is 8.66. The van der Waals surface area contributed by atoms with Crippen LogP contribution in [0.15, 0.2) is 112 Å². The summed E-state index contributed by atoms with van der Waals surface area (Å²) in [5.74, 6) is 0.335. The van der Waals surface area contributed by atoms with Crippen LogP contribution < -0.4 is 0 Å². The van der Waals surface area contributed by atoms with Gasteiger partial charge >= 0.3 is 0 Å². The van der Waals surface area contributed by atoms with Crippen LogP contribution >= 0.6 is 0 Å². The molecule has 0 N–H and O–H groups in total. The molecule has 0 aromatic rings. The van der Waals surface area contributed by atoms with Crippen LogP contribution in [-0.2, 0) is 0 Å². The van der Waals surface area contributed by atoms with E-state index in [4.69, 9.17) is 0 Å². The highest BCUT2D eigenvalue weighted by Gasteiger charge is 2.07. The Hall–Kier alpha value is -2.34. The molecular formula is C32H64. The number of allylic oxidation sites excluding steroid dienone is 10. The van der Waals surface area contributed by atoms with Gasteiger partial charge in [-0.05, 0) is 25.0 Å². The summed E-state index contributed by atoms with van der Waals surface area (Å²) in [5.41, 5.74) is 2.43. The Morgan fingerprint density at radius 1 is 0.594 bits per heavy atom. The van der Waals surface area contributed by atoms with Gasteiger partial charge in [-0.15, -0.1) is 32.9 Å². The van der Waals surface area contributed by atoms with Crippen molar-refractivity contribution >= 4 is 0 Å². The summed E-state index contributed by atoms with van der Waals surface area (Å²) >= 11 is 0. The van der Waals surface area contributed by atoms with Gasteiger partial charge in [-0.1, -0.05) is 145 Å². The predicted molar refractivity (Wildman–Crippen MR) is 166 cm³/mol. The summed E-state index contributed by atoms with van der Waals surface area (Å²) in [6, 6.07) is 0. The highest BCUT2D eigenvalue weighted by Crippen LogP contribution is 2.22. The van der Waals surface area contributed by atoms with Gasteiger partial charge in [0.15, 0.2) is 0 Å². The second-order valence-corrected chi connectivity index (χ2v) is 3.62. The molecule has 0 heteroatoms. The van der Waals surface area contributed by atoms with Crippen LogP contribution in [0.3, 0.4) is 0 Å². The molecule has 0 aromatic heterocycles. The summed E-state index contributed by atoms with van der Waals surface area (Å²) in [7, 11) is 0. The van der Waals surface area contributed by atoms with Crippen LogP contribution in [0.4, 0.5) is 0 Å². The second kappa shape index (κ2) is 102. The van der Waals surface area contributed by atoms with Gasteiger partial charge < -0.3 is 0 Å². The molecule has 0 radical (unpaired) electrons. The number of rotatable bonds is 6. The molecule has 0 nitrogen and oxygen atoms in total. The van der Waals surface area contributed by atoms with E-state index < -0.39 is 0 Å². The lowest BCUT2D eigenvalue weighted by atomic mass is 9.91. The molecule has 0 aliphatic heterocycles. The predicted octanol–water partition coefficient (Wildman–Crippen LogP) is 12.5. The minimum atomic E-state index is 0.335. The first-order valence-corrected chi connectivity index (χ1v) is 12.1. The highest BCUT2D eigenvalue weighted by atomic mass is 14.1. The van der Waals surface area contributed by atoms with E-state index >= 15 is 0 Å². The fourth-order valence-electron chi connectivity index (χ4n) is 1.39. The maximum atomic E-state index is 3.81. The molecule has 0 aliphatic carbocycles. The van der Waals surface area contributed by atoms with Gasteiger partial charge in [0.1, 0.15) is 0 Å². The van der Waals surface area contributed by atoms with E-state index in [1.807, 2.05) is 101 Å². The molecule has 0 heterocycles. The van der Waals surface area contributed by atoms with Gasteiger partial charge in [-0.3, -0.25) is 0 Å². The third kappa shape index (κ3) is 70.8. The van der Waals surface area contributed by atoms with Gasteiger partial charge in [0.2, 0.25) is 0 Å². The molecule has 0 fully saturated rings. The van der Waals surface area contributed by atoms with E-state index in [1.165, 1.54) is 11.1 Å². The van der Waals surface area contributed by atoms with Gasteiger partial charge in [-0.25, -0.2) is 0 Å². The summed E-state index contributed by atoms with van der Waals surface area (Å²) in [5, 5.41) is 0. The average molecular weight is 449 g/mol. The molecular weight excluding hydrogens is 384 g/mol. The molecule has 32 heavy (non-hydrogen) atoms. The molecule has 0 amide bonds. The lowest BCUT2D eigenvalue weighted by Crippen LogP contribution is -1.99. The first-order valence-electron chi connectivity index (χ1n) is 12.1. The van der Waals surface area contributed by atoms with Gasteiger partial charge in [0.25, 0.3) is 0 Å². The third-order valence-corrected chi connectivity index (χ3v) is 2.30. The molecule has 0 saturated heterocycles. The standard InChI is InChI=1S/C15H20.C3H6.5C2H6.2C2H4/c1-6-10-12-15(9-4)13(5)14(8-3)11-7-2;1-3-2;7*1-2/h6-13H,1-3H2,4-5H3;3H,1H2,2H3;5*1-2H3;2*1-2H2/b12-10-,14-11+,15-9+;;;;;;;;. The highest BCUT2D eigenvalue weighted by molar-refractivity contribution is 5.35. The molecule has 0 spiro atoms. The zero-order chi connectivity index (χ0) is 28.4. The molecule has 1 unspecified atom stereocenters. The summed E-state index contributed by atoms with van der Waals surface area (Å²) in [6.45, 7) is 52.6. The van der Waals surface area contributed by atoms with E-state index in [2.05, 4.69) is 71.7 Å². The summed E-state index contributed by atoms with van der Waals surface area (Å²) in [4.78, 5) is 0. The van der Waals surface area contributed by atoms with E-state index in [0.29, 0.717) is 5.92 Å². The minimum absolute atomic E-state index is 0.335. The van der Waals surface area contributed by atoms with Crippen molar-refractivity contribution in [3.05, 3.63) is 112 Å². The average Bonchev–Trinajstić information content (AvgIpc) is 2.91. The Labute approximate surface area is 208 Å². The monoisotopic (exact) mass is 449 g/mol. The Bertz CT molecular complexity index is 373. The van der Waals surface area contributed by atoms with Crippen molar-refractivity contribution in [1.29, 1.82) is 0 Å². The van der Waals surface area contributed by atoms with Crippen molar-refractivity contribution in [2.24, 2.45) is 5.92 Å². The first-order chi connectivity index (χ1) is 15.6. The van der Waals surface area contributed by atoms with Crippen molar-refractivity contribution < 1.29 is 0 Å². The van der Waals surface area contributed by atoms with Crippen molar-refractivity contribution in [2.45, 2.75) is 90.0 Å². The summed E-state index contributed by atoms with van der Waals surface area (Å²) in [6.07, 6.45) is 15.3. The van der Waals surface area contributed by atoms with Crippen molar-refractivity contribution in [3.8, 4) is 0 Å². The number of hydrogen-bond acceptors (Lipinski definition) is 0. The molecule has 1 atom stereocenters. The zero-order valence-corrected chi connectivity index (χ0v) is 24.9. The topological polar surface area (TPSA) is 0 Å². The molecule has 0 saturated carbocycles. The van der Waals surface area contributed by atoms with Crippen LogP contribution in [0.1, 0.15) is 90.0 Å². The van der Waals surface area contributed by atoms with Crippen LogP contribution in [0.25, 0.3) is 0 Å². The smallest absolute Gasteiger partial charge is 0.00575 e. The van der Waals surface area contributed by atoms with E-state index in [-0.39, 0.29) is 0 Å². The van der Waals surface area contributed by atoms with Gasteiger partial charge in [0.05, 0.1) is 0 Å². The lowest BCUT2D eigenvalue weighted by molar-refractivity contribution is 0.846. The van der Waals surface area contributed by atoms with Crippen molar-refractivity contribution in [1.82, 2.24) is 0 Å². The zero-order valence-electron chi connectivity index (χ0n) is 24.9. The Balaban J connectivity index is -0.0000000370. The van der Waals surface area contributed by atoms with Crippen LogP contribution in [0.5, 0.6) is 0 Å². The van der Waals surface area contributed by atoms with E-state index in [9.17, 15) is 0 Å². The summed E-state index contributed by atoms with van der Waals surface area (Å²) < 4.78 is 0. The van der Waals surface area contributed by atoms with Crippen LogP contribution in [-0.4, -0.2) is 0 Å².